The van der Waals surface area contributed by atoms with Crippen molar-refractivity contribution in [2.75, 3.05) is 30.5 Å². The number of nitrogens with one attached hydrogen (secondary N) is 1. The van der Waals surface area contributed by atoms with Crippen molar-refractivity contribution in [1.29, 1.82) is 0 Å². The quantitative estimate of drug-likeness (QED) is 0.812. The third-order valence-electron chi connectivity index (χ3n) is 4.99. The molecule has 5 heteroatoms. The zero-order chi connectivity index (χ0) is 19.2. The van der Waals surface area contributed by atoms with Crippen LogP contribution in [-0.2, 0) is 20.7 Å². The lowest BCUT2D eigenvalue weighted by Crippen LogP contribution is -2.37. The van der Waals surface area contributed by atoms with Crippen LogP contribution in [-0.4, -0.2) is 32.1 Å². The Morgan fingerprint density at radius 2 is 1.96 bits per heavy atom. The van der Waals surface area contributed by atoms with Crippen molar-refractivity contribution < 1.29 is 14.3 Å². The smallest absolute Gasteiger partial charge is 0.231 e. The topological polar surface area (TPSA) is 58.6 Å². The molecule has 2 amide bonds. The first-order valence-corrected chi connectivity index (χ1v) is 9.42. The maximum Gasteiger partial charge on any atom is 0.231 e. The van der Waals surface area contributed by atoms with Gasteiger partial charge in [-0.3, -0.25) is 9.59 Å². The minimum atomic E-state index is -0.179. The number of amides is 2. The Morgan fingerprint density at radius 3 is 2.67 bits per heavy atom. The SMILES string of the molecule is CCC(C(=O)Nc1ccc2c(c1)CCC(=O)N2CCOC)c1ccccc1. The number of rotatable bonds is 7. The van der Waals surface area contributed by atoms with Gasteiger partial charge in [-0.25, -0.2) is 0 Å². The summed E-state index contributed by atoms with van der Waals surface area (Å²) in [5, 5.41) is 3.04. The maximum atomic E-state index is 12.8. The van der Waals surface area contributed by atoms with Crippen molar-refractivity contribution in [1.82, 2.24) is 0 Å². The second-order valence-electron chi connectivity index (χ2n) is 6.74. The lowest BCUT2D eigenvalue weighted by atomic mass is 9.95. The molecular weight excluding hydrogens is 340 g/mol. The molecule has 0 saturated carbocycles. The number of anilines is 2. The van der Waals surface area contributed by atoms with E-state index in [1.807, 2.05) is 55.5 Å². The molecule has 1 unspecified atom stereocenters. The van der Waals surface area contributed by atoms with Gasteiger partial charge in [0.05, 0.1) is 12.5 Å². The van der Waals surface area contributed by atoms with Crippen LogP contribution in [0.3, 0.4) is 0 Å². The van der Waals surface area contributed by atoms with Gasteiger partial charge in [0, 0.05) is 31.5 Å². The number of fused-ring (bicyclic) bond motifs is 1. The zero-order valence-corrected chi connectivity index (χ0v) is 15.9. The van der Waals surface area contributed by atoms with Crippen molar-refractivity contribution >= 4 is 23.2 Å². The predicted octanol–water partition coefficient (Wildman–Crippen LogP) is 3.74. The van der Waals surface area contributed by atoms with Gasteiger partial charge in [0.1, 0.15) is 0 Å². The second-order valence-corrected chi connectivity index (χ2v) is 6.74. The highest BCUT2D eigenvalue weighted by Crippen LogP contribution is 2.31. The summed E-state index contributed by atoms with van der Waals surface area (Å²) in [5.74, 6) is -0.0692. The second kappa shape index (κ2) is 8.82. The molecule has 142 valence electrons. The monoisotopic (exact) mass is 366 g/mol. The molecule has 1 aliphatic rings. The number of nitrogens with zero attached hydrogens (tertiary/aromatic N) is 1. The predicted molar refractivity (Wildman–Crippen MR) is 107 cm³/mol. The highest BCUT2D eigenvalue weighted by atomic mass is 16.5. The van der Waals surface area contributed by atoms with Crippen molar-refractivity contribution in [3.8, 4) is 0 Å². The summed E-state index contributed by atoms with van der Waals surface area (Å²) in [6, 6.07) is 15.6. The molecule has 2 aromatic carbocycles. The van der Waals surface area contributed by atoms with E-state index >= 15 is 0 Å². The normalized spacial score (nSPS) is 14.6. The van der Waals surface area contributed by atoms with Crippen LogP contribution in [0.15, 0.2) is 48.5 Å². The van der Waals surface area contributed by atoms with Gasteiger partial charge in [0.2, 0.25) is 11.8 Å². The van der Waals surface area contributed by atoms with E-state index in [4.69, 9.17) is 4.74 Å². The van der Waals surface area contributed by atoms with Crippen molar-refractivity contribution in [2.24, 2.45) is 0 Å². The summed E-state index contributed by atoms with van der Waals surface area (Å²) < 4.78 is 5.11. The van der Waals surface area contributed by atoms with Crippen LogP contribution in [0.4, 0.5) is 11.4 Å². The van der Waals surface area contributed by atoms with Crippen LogP contribution in [0.1, 0.15) is 36.8 Å². The van der Waals surface area contributed by atoms with E-state index in [9.17, 15) is 9.59 Å². The Balaban J connectivity index is 1.77. The molecule has 27 heavy (non-hydrogen) atoms. The molecule has 0 spiro atoms. The van der Waals surface area contributed by atoms with E-state index < -0.39 is 0 Å². The van der Waals surface area contributed by atoms with Gasteiger partial charge in [-0.15, -0.1) is 0 Å². The van der Waals surface area contributed by atoms with Gasteiger partial charge in [0.25, 0.3) is 0 Å². The van der Waals surface area contributed by atoms with E-state index in [0.717, 1.165) is 28.9 Å². The summed E-state index contributed by atoms with van der Waals surface area (Å²) in [4.78, 5) is 26.8. The number of methoxy groups -OCH3 is 1. The van der Waals surface area contributed by atoms with Gasteiger partial charge < -0.3 is 15.0 Å². The van der Waals surface area contributed by atoms with Crippen LogP contribution in [0.25, 0.3) is 0 Å². The third kappa shape index (κ3) is 4.37. The van der Waals surface area contributed by atoms with E-state index in [2.05, 4.69) is 5.32 Å². The van der Waals surface area contributed by atoms with Gasteiger partial charge in [-0.2, -0.15) is 0 Å². The molecule has 0 fully saturated rings. The zero-order valence-electron chi connectivity index (χ0n) is 15.9. The largest absolute Gasteiger partial charge is 0.383 e. The molecule has 1 atom stereocenters. The summed E-state index contributed by atoms with van der Waals surface area (Å²) in [6.45, 7) is 3.06. The third-order valence-corrected chi connectivity index (χ3v) is 4.99. The Morgan fingerprint density at radius 1 is 1.19 bits per heavy atom. The lowest BCUT2D eigenvalue weighted by molar-refractivity contribution is -0.119. The van der Waals surface area contributed by atoms with Gasteiger partial charge >= 0.3 is 0 Å². The summed E-state index contributed by atoms with van der Waals surface area (Å²) in [6.07, 6.45) is 1.91. The summed E-state index contributed by atoms with van der Waals surface area (Å²) >= 11 is 0. The highest BCUT2D eigenvalue weighted by Gasteiger charge is 2.25. The molecule has 0 saturated heterocycles. The Kier molecular flexibility index (Phi) is 6.24. The average molecular weight is 366 g/mol. The standard InChI is InChI=1S/C22H26N2O3/c1-3-19(16-7-5-4-6-8-16)22(26)23-18-10-11-20-17(15-18)9-12-21(25)24(20)13-14-27-2/h4-8,10-11,15,19H,3,9,12-14H2,1-2H3,(H,23,26). The first kappa shape index (κ1) is 19.1. The van der Waals surface area contributed by atoms with Crippen molar-refractivity contribution in [2.45, 2.75) is 32.1 Å². The number of hydrogen-bond donors (Lipinski definition) is 1. The van der Waals surface area contributed by atoms with E-state index in [-0.39, 0.29) is 17.7 Å². The highest BCUT2D eigenvalue weighted by molar-refractivity contribution is 5.98. The molecule has 0 bridgehead atoms. The van der Waals surface area contributed by atoms with Crippen LogP contribution in [0.2, 0.25) is 0 Å². The van der Waals surface area contributed by atoms with Gasteiger partial charge in [-0.05, 0) is 42.2 Å². The summed E-state index contributed by atoms with van der Waals surface area (Å²) in [5.41, 5.74) is 3.79. The molecule has 0 aliphatic carbocycles. The molecule has 5 nitrogen and oxygen atoms in total. The number of carbonyl (C=O) groups is 2. The molecule has 0 aromatic heterocycles. The fraction of sp³-hybridized carbons (Fsp3) is 0.364. The number of benzene rings is 2. The molecule has 3 rings (SSSR count). The molecule has 1 N–H and O–H groups in total. The molecule has 1 heterocycles. The van der Waals surface area contributed by atoms with Crippen molar-refractivity contribution in [3.63, 3.8) is 0 Å². The van der Waals surface area contributed by atoms with E-state index in [1.165, 1.54) is 0 Å². The first-order chi connectivity index (χ1) is 13.1. The number of ether oxygens (including phenoxy) is 1. The van der Waals surface area contributed by atoms with E-state index in [0.29, 0.717) is 26.0 Å². The Labute approximate surface area is 160 Å². The van der Waals surface area contributed by atoms with Crippen molar-refractivity contribution in [3.05, 3.63) is 59.7 Å². The fourth-order valence-corrected chi connectivity index (χ4v) is 3.55. The molecular formula is C22H26N2O3. The lowest BCUT2D eigenvalue weighted by Gasteiger charge is -2.29. The summed E-state index contributed by atoms with van der Waals surface area (Å²) in [7, 11) is 1.63. The first-order valence-electron chi connectivity index (χ1n) is 9.42. The Bertz CT molecular complexity index is 804. The van der Waals surface area contributed by atoms with Crippen LogP contribution in [0.5, 0.6) is 0 Å². The number of hydrogen-bond acceptors (Lipinski definition) is 3. The van der Waals surface area contributed by atoms with Crippen LogP contribution >= 0.6 is 0 Å². The van der Waals surface area contributed by atoms with Gasteiger partial charge in [0.15, 0.2) is 0 Å². The average Bonchev–Trinajstić information content (AvgIpc) is 2.69. The minimum absolute atomic E-state index is 0.00762. The number of aryl methyl sites for hydroxylation is 1. The molecule has 0 radical (unpaired) electrons. The Hall–Kier alpha value is -2.66. The molecule has 2 aromatic rings. The van der Waals surface area contributed by atoms with Crippen LogP contribution in [0, 0.1) is 0 Å². The van der Waals surface area contributed by atoms with E-state index in [1.54, 1.807) is 12.0 Å². The minimum Gasteiger partial charge on any atom is -0.383 e. The fourth-order valence-electron chi connectivity index (χ4n) is 3.55. The number of carbonyl (C=O) groups excluding carboxylic acids is 2. The van der Waals surface area contributed by atoms with Crippen LogP contribution < -0.4 is 10.2 Å². The molecule has 1 aliphatic heterocycles. The van der Waals surface area contributed by atoms with Gasteiger partial charge in [-0.1, -0.05) is 37.3 Å². The maximum absolute atomic E-state index is 12.8.